The summed E-state index contributed by atoms with van der Waals surface area (Å²) in [6.45, 7) is 8.66. The van der Waals surface area contributed by atoms with Gasteiger partial charge in [-0.2, -0.15) is 0 Å². The highest BCUT2D eigenvalue weighted by Gasteiger charge is 2.19. The van der Waals surface area contributed by atoms with Gasteiger partial charge in [0.1, 0.15) is 5.75 Å². The molecule has 0 aliphatic rings. The summed E-state index contributed by atoms with van der Waals surface area (Å²) in [5, 5.41) is 18.9. The monoisotopic (exact) mass is 264 g/mol. The van der Waals surface area contributed by atoms with Crippen molar-refractivity contribution in [2.75, 3.05) is 6.61 Å². The van der Waals surface area contributed by atoms with E-state index in [9.17, 15) is 5.11 Å². The van der Waals surface area contributed by atoms with Gasteiger partial charge in [0.15, 0.2) is 0 Å². The third-order valence-electron chi connectivity index (χ3n) is 3.54. The van der Waals surface area contributed by atoms with E-state index in [0.29, 0.717) is 12.4 Å². The van der Waals surface area contributed by atoms with E-state index in [1.54, 1.807) is 0 Å². The van der Waals surface area contributed by atoms with Crippen molar-refractivity contribution in [2.24, 2.45) is 0 Å². The van der Waals surface area contributed by atoms with Gasteiger partial charge in [-0.3, -0.25) is 0 Å². The topological polar surface area (TPSA) is 40.5 Å². The van der Waals surface area contributed by atoms with E-state index in [2.05, 4.69) is 32.9 Å². The highest BCUT2D eigenvalue weighted by atomic mass is 16.3. The lowest BCUT2D eigenvalue weighted by molar-refractivity contribution is 0.282. The lowest BCUT2D eigenvalue weighted by Gasteiger charge is -2.22. The second kappa shape index (κ2) is 6.95. The molecule has 0 fully saturated rings. The molecule has 19 heavy (non-hydrogen) atoms. The maximum Gasteiger partial charge on any atom is 0.122 e. The van der Waals surface area contributed by atoms with E-state index in [1.807, 2.05) is 6.92 Å². The number of aryl methyl sites for hydroxylation is 2. The van der Waals surface area contributed by atoms with E-state index >= 15 is 0 Å². The van der Waals surface area contributed by atoms with Crippen molar-refractivity contribution in [3.8, 4) is 5.75 Å². The molecule has 0 aliphatic heterocycles. The average Bonchev–Trinajstić information content (AvgIpc) is 2.31. The highest BCUT2D eigenvalue weighted by Crippen LogP contribution is 2.34. The van der Waals surface area contributed by atoms with Crippen LogP contribution in [-0.2, 0) is 11.8 Å². The summed E-state index contributed by atoms with van der Waals surface area (Å²) >= 11 is 0. The Morgan fingerprint density at radius 2 is 1.63 bits per heavy atom. The molecule has 0 saturated heterocycles. The quantitative estimate of drug-likeness (QED) is 0.760. The predicted molar refractivity (Wildman–Crippen MR) is 80.8 cm³/mol. The van der Waals surface area contributed by atoms with Crippen LogP contribution in [0.15, 0.2) is 12.1 Å². The van der Waals surface area contributed by atoms with Crippen LogP contribution in [-0.4, -0.2) is 16.8 Å². The van der Waals surface area contributed by atoms with Crippen molar-refractivity contribution in [1.29, 1.82) is 0 Å². The summed E-state index contributed by atoms with van der Waals surface area (Å²) < 4.78 is 0. The van der Waals surface area contributed by atoms with Crippen molar-refractivity contribution >= 4 is 0 Å². The van der Waals surface area contributed by atoms with Gasteiger partial charge in [-0.25, -0.2) is 0 Å². The predicted octanol–water partition coefficient (Wildman–Crippen LogP) is 4.09. The second-order valence-electron chi connectivity index (χ2n) is 6.45. The van der Waals surface area contributed by atoms with Crippen LogP contribution in [0.3, 0.4) is 0 Å². The Kier molecular flexibility index (Phi) is 5.86. The fraction of sp³-hybridized carbons (Fsp3) is 0.647. The summed E-state index contributed by atoms with van der Waals surface area (Å²) in [4.78, 5) is 0. The average molecular weight is 264 g/mol. The molecule has 1 rings (SSSR count). The van der Waals surface area contributed by atoms with E-state index in [4.69, 9.17) is 5.11 Å². The zero-order valence-electron chi connectivity index (χ0n) is 12.8. The minimum Gasteiger partial charge on any atom is -0.507 e. The van der Waals surface area contributed by atoms with E-state index in [0.717, 1.165) is 43.2 Å². The van der Waals surface area contributed by atoms with Crippen LogP contribution in [0, 0.1) is 6.92 Å². The minimum absolute atomic E-state index is 0.0260. The lowest BCUT2D eigenvalue weighted by atomic mass is 9.83. The lowest BCUT2D eigenvalue weighted by Crippen LogP contribution is -2.12. The molecule has 2 nitrogen and oxygen atoms in total. The van der Waals surface area contributed by atoms with Crippen LogP contribution < -0.4 is 0 Å². The third kappa shape index (κ3) is 4.87. The van der Waals surface area contributed by atoms with Gasteiger partial charge in [-0.05, 0) is 48.3 Å². The number of unbranched alkanes of at least 4 members (excludes halogenated alkanes) is 3. The molecule has 0 atom stereocenters. The zero-order chi connectivity index (χ0) is 14.5. The molecule has 108 valence electrons. The van der Waals surface area contributed by atoms with Gasteiger partial charge >= 0.3 is 0 Å². The van der Waals surface area contributed by atoms with Crippen molar-refractivity contribution < 1.29 is 10.2 Å². The normalized spacial score (nSPS) is 11.8. The van der Waals surface area contributed by atoms with Crippen LogP contribution >= 0.6 is 0 Å². The van der Waals surface area contributed by atoms with Gasteiger partial charge in [0.2, 0.25) is 0 Å². The first-order valence-electron chi connectivity index (χ1n) is 7.30. The van der Waals surface area contributed by atoms with Crippen molar-refractivity contribution in [1.82, 2.24) is 0 Å². The Bertz CT molecular complexity index is 402. The maximum atomic E-state index is 10.2. The second-order valence-corrected chi connectivity index (χ2v) is 6.45. The largest absolute Gasteiger partial charge is 0.507 e. The molecule has 0 unspecified atom stereocenters. The molecule has 1 aromatic rings. The fourth-order valence-corrected chi connectivity index (χ4v) is 2.36. The number of hydrogen-bond donors (Lipinski definition) is 2. The Balaban J connectivity index is 2.72. The summed E-state index contributed by atoms with van der Waals surface area (Å²) in [5.74, 6) is 0.441. The number of hydrogen-bond acceptors (Lipinski definition) is 2. The first-order valence-corrected chi connectivity index (χ1v) is 7.30. The summed E-state index contributed by atoms with van der Waals surface area (Å²) in [5.41, 5.74) is 3.29. The summed E-state index contributed by atoms with van der Waals surface area (Å²) in [7, 11) is 0. The van der Waals surface area contributed by atoms with Crippen LogP contribution in [0.5, 0.6) is 5.75 Å². The smallest absolute Gasteiger partial charge is 0.122 e. The number of phenols is 1. The molecule has 0 saturated carbocycles. The number of aliphatic hydroxyl groups is 1. The first-order chi connectivity index (χ1) is 8.86. The van der Waals surface area contributed by atoms with Gasteiger partial charge < -0.3 is 10.2 Å². The van der Waals surface area contributed by atoms with Gasteiger partial charge in [-0.15, -0.1) is 0 Å². The van der Waals surface area contributed by atoms with Gasteiger partial charge in [0.25, 0.3) is 0 Å². The number of aromatic hydroxyl groups is 1. The molecule has 2 N–H and O–H groups in total. The molecular weight excluding hydrogens is 236 g/mol. The Hall–Kier alpha value is -1.02. The molecule has 0 aliphatic carbocycles. The summed E-state index contributed by atoms with van der Waals surface area (Å²) in [6, 6.07) is 4.24. The molecule has 0 bridgehead atoms. The Labute approximate surface area is 117 Å². The van der Waals surface area contributed by atoms with E-state index in [1.165, 1.54) is 5.56 Å². The van der Waals surface area contributed by atoms with Crippen LogP contribution in [0.2, 0.25) is 0 Å². The molecule has 1 aromatic carbocycles. The van der Waals surface area contributed by atoms with Crippen molar-refractivity contribution in [3.63, 3.8) is 0 Å². The first kappa shape index (κ1) is 16.0. The molecule has 0 spiro atoms. The van der Waals surface area contributed by atoms with Gasteiger partial charge in [-0.1, -0.05) is 45.7 Å². The van der Waals surface area contributed by atoms with Crippen molar-refractivity contribution in [2.45, 2.75) is 65.2 Å². The molecule has 0 radical (unpaired) electrons. The molecule has 2 heteroatoms. The van der Waals surface area contributed by atoms with Crippen molar-refractivity contribution in [3.05, 3.63) is 28.8 Å². The minimum atomic E-state index is -0.0260. The maximum absolute atomic E-state index is 10.2. The number of phenolic OH excluding ortho intramolecular Hbond substituents is 1. The third-order valence-corrected chi connectivity index (χ3v) is 3.54. The standard InChI is InChI=1S/C17H28O2/c1-13-11-14(9-7-5-6-8-10-18)12-15(16(13)19)17(2,3)4/h11-12,18-19H,5-10H2,1-4H3. The van der Waals surface area contributed by atoms with E-state index < -0.39 is 0 Å². The number of benzene rings is 1. The van der Waals surface area contributed by atoms with Crippen LogP contribution in [0.4, 0.5) is 0 Å². The number of aliphatic hydroxyl groups excluding tert-OH is 1. The Morgan fingerprint density at radius 3 is 2.21 bits per heavy atom. The zero-order valence-corrected chi connectivity index (χ0v) is 12.8. The Morgan fingerprint density at radius 1 is 1.00 bits per heavy atom. The van der Waals surface area contributed by atoms with Crippen LogP contribution in [0.1, 0.15) is 63.1 Å². The molecular formula is C17H28O2. The SMILES string of the molecule is Cc1cc(CCCCCCO)cc(C(C)(C)C)c1O. The van der Waals surface area contributed by atoms with Gasteiger partial charge in [0.05, 0.1) is 0 Å². The van der Waals surface area contributed by atoms with Crippen LogP contribution in [0.25, 0.3) is 0 Å². The fourth-order valence-electron chi connectivity index (χ4n) is 2.36. The van der Waals surface area contributed by atoms with Gasteiger partial charge in [0, 0.05) is 6.61 Å². The molecule has 0 amide bonds. The molecule has 0 heterocycles. The highest BCUT2D eigenvalue weighted by molar-refractivity contribution is 5.46. The van der Waals surface area contributed by atoms with E-state index in [-0.39, 0.29) is 5.41 Å². The molecule has 0 aromatic heterocycles. The number of rotatable bonds is 6. The summed E-state index contributed by atoms with van der Waals surface area (Å²) in [6.07, 6.45) is 5.36.